The summed E-state index contributed by atoms with van der Waals surface area (Å²) in [5, 5.41) is 9.49. The predicted molar refractivity (Wildman–Crippen MR) is 95.2 cm³/mol. The van der Waals surface area contributed by atoms with Gasteiger partial charge < -0.3 is 9.64 Å². The number of nitriles is 1. The lowest BCUT2D eigenvalue weighted by molar-refractivity contribution is 0.0203. The quantitative estimate of drug-likeness (QED) is 0.817. The second kappa shape index (κ2) is 6.99. The maximum absolute atomic E-state index is 12.2. The molecule has 136 valence electrons. The number of rotatable bonds is 2. The first-order valence-electron chi connectivity index (χ1n) is 8.76. The molecule has 0 aromatic carbocycles. The van der Waals surface area contributed by atoms with Crippen LogP contribution in [0.3, 0.4) is 0 Å². The molecule has 0 atom stereocenters. The number of carbonyl (C=O) groups excluding carboxylic acids is 1. The number of aromatic nitrogens is 2. The number of piperidine rings is 1. The van der Waals surface area contributed by atoms with E-state index >= 15 is 0 Å². The van der Waals surface area contributed by atoms with Gasteiger partial charge in [0.15, 0.2) is 0 Å². The predicted octanol–water partition coefficient (Wildman–Crippen LogP) is 3.70. The van der Waals surface area contributed by atoms with Crippen LogP contribution in [-0.4, -0.2) is 39.7 Å². The second-order valence-electron chi connectivity index (χ2n) is 8.19. The number of hydrogen-bond acceptors (Lipinski definition) is 5. The maximum Gasteiger partial charge on any atom is 0.410 e. The minimum atomic E-state index is -0.634. The number of amides is 1. The normalized spacial score (nSPS) is 16.4. The van der Waals surface area contributed by atoms with Crippen molar-refractivity contribution < 1.29 is 9.53 Å². The molecule has 1 aromatic rings. The van der Waals surface area contributed by atoms with Crippen LogP contribution in [0, 0.1) is 18.3 Å². The molecular weight excluding hydrogens is 316 g/mol. The minimum Gasteiger partial charge on any atom is -0.444 e. The van der Waals surface area contributed by atoms with Gasteiger partial charge in [0.1, 0.15) is 11.4 Å². The van der Waals surface area contributed by atoms with Gasteiger partial charge >= 0.3 is 6.09 Å². The molecule has 1 amide bonds. The Morgan fingerprint density at radius 3 is 2.40 bits per heavy atom. The van der Waals surface area contributed by atoms with Gasteiger partial charge in [0, 0.05) is 30.8 Å². The molecule has 2 heterocycles. The minimum absolute atomic E-state index is 0.225. The average molecular weight is 344 g/mol. The van der Waals surface area contributed by atoms with Gasteiger partial charge in [-0.3, -0.25) is 0 Å². The molecule has 2 rings (SSSR count). The molecule has 1 aromatic heterocycles. The van der Waals surface area contributed by atoms with E-state index < -0.39 is 11.0 Å². The Balaban J connectivity index is 2.15. The number of nitrogens with zero attached hydrogens (tertiary/aromatic N) is 4. The van der Waals surface area contributed by atoms with Crippen LogP contribution in [0.1, 0.15) is 70.5 Å². The van der Waals surface area contributed by atoms with E-state index in [2.05, 4.69) is 16.0 Å². The molecule has 6 nitrogen and oxygen atoms in total. The van der Waals surface area contributed by atoms with Gasteiger partial charge in [-0.1, -0.05) is 0 Å². The van der Waals surface area contributed by atoms with E-state index in [9.17, 15) is 10.1 Å². The number of ether oxygens (including phenoxy) is 1. The zero-order chi connectivity index (χ0) is 18.8. The third-order valence-electron chi connectivity index (χ3n) is 4.42. The van der Waals surface area contributed by atoms with Gasteiger partial charge in [-0.25, -0.2) is 14.8 Å². The van der Waals surface area contributed by atoms with Crippen LogP contribution < -0.4 is 0 Å². The summed E-state index contributed by atoms with van der Waals surface area (Å²) >= 11 is 0. The summed E-state index contributed by atoms with van der Waals surface area (Å²) in [6.45, 7) is 12.5. The Morgan fingerprint density at radius 1 is 1.28 bits per heavy atom. The maximum atomic E-state index is 12.2. The lowest BCUT2D eigenvalue weighted by atomic mass is 9.80. The van der Waals surface area contributed by atoms with Gasteiger partial charge in [-0.05, 0) is 54.4 Å². The largest absolute Gasteiger partial charge is 0.444 e. The summed E-state index contributed by atoms with van der Waals surface area (Å²) < 4.78 is 5.45. The number of carbonyl (C=O) groups is 1. The van der Waals surface area contributed by atoms with Crippen molar-refractivity contribution in [1.29, 1.82) is 5.26 Å². The highest BCUT2D eigenvalue weighted by Crippen LogP contribution is 2.34. The molecule has 0 spiro atoms. The van der Waals surface area contributed by atoms with Crippen molar-refractivity contribution in [2.45, 2.75) is 71.3 Å². The molecule has 0 saturated carbocycles. The average Bonchev–Trinajstić information content (AvgIpc) is 2.53. The first kappa shape index (κ1) is 19.2. The van der Waals surface area contributed by atoms with Gasteiger partial charge in [0.2, 0.25) is 0 Å². The Kier molecular flexibility index (Phi) is 5.36. The van der Waals surface area contributed by atoms with Crippen LogP contribution in [0.4, 0.5) is 4.79 Å². The third kappa shape index (κ3) is 4.68. The topological polar surface area (TPSA) is 79.1 Å². The van der Waals surface area contributed by atoms with E-state index in [4.69, 9.17) is 4.74 Å². The smallest absolute Gasteiger partial charge is 0.410 e. The Hall–Kier alpha value is -2.16. The van der Waals surface area contributed by atoms with Crippen LogP contribution in [0.25, 0.3) is 0 Å². The molecule has 0 N–H and O–H groups in total. The monoisotopic (exact) mass is 344 g/mol. The molecule has 1 aliphatic heterocycles. The second-order valence-corrected chi connectivity index (χ2v) is 8.19. The lowest BCUT2D eigenvalue weighted by Crippen LogP contribution is -2.41. The van der Waals surface area contributed by atoms with Gasteiger partial charge in [-0.2, -0.15) is 5.26 Å². The molecule has 0 bridgehead atoms. The third-order valence-corrected chi connectivity index (χ3v) is 4.42. The van der Waals surface area contributed by atoms with Crippen LogP contribution >= 0.6 is 0 Å². The zero-order valence-electron chi connectivity index (χ0n) is 16.1. The van der Waals surface area contributed by atoms with Crippen LogP contribution in [0.15, 0.2) is 6.20 Å². The van der Waals surface area contributed by atoms with Crippen molar-refractivity contribution in [3.63, 3.8) is 0 Å². The Bertz CT molecular complexity index is 678. The highest BCUT2D eigenvalue weighted by atomic mass is 16.6. The SMILES string of the molecule is Cc1ncc(C(C)(C)C#N)c(C2CCN(C(=O)OC(C)(C)C)CC2)n1. The van der Waals surface area contributed by atoms with Gasteiger partial charge in [-0.15, -0.1) is 0 Å². The summed E-state index contributed by atoms with van der Waals surface area (Å²) in [5.41, 5.74) is 0.715. The highest BCUT2D eigenvalue weighted by Gasteiger charge is 2.32. The molecule has 6 heteroatoms. The van der Waals surface area contributed by atoms with E-state index in [0.29, 0.717) is 18.9 Å². The van der Waals surface area contributed by atoms with Crippen molar-refractivity contribution >= 4 is 6.09 Å². The molecular formula is C19H28N4O2. The Labute approximate surface area is 150 Å². The van der Waals surface area contributed by atoms with E-state index in [1.807, 2.05) is 41.5 Å². The summed E-state index contributed by atoms with van der Waals surface area (Å²) in [6.07, 6.45) is 3.14. The molecule has 0 aliphatic carbocycles. The fourth-order valence-electron chi connectivity index (χ4n) is 3.00. The molecule has 25 heavy (non-hydrogen) atoms. The van der Waals surface area contributed by atoms with Crippen LogP contribution in [0.2, 0.25) is 0 Å². The van der Waals surface area contributed by atoms with E-state index in [1.165, 1.54) is 0 Å². The number of hydrogen-bond donors (Lipinski definition) is 0. The van der Waals surface area contributed by atoms with Crippen molar-refractivity contribution in [3.8, 4) is 6.07 Å². The summed E-state index contributed by atoms with van der Waals surface area (Å²) in [7, 11) is 0. The molecule has 1 saturated heterocycles. The summed E-state index contributed by atoms with van der Waals surface area (Å²) in [6, 6.07) is 2.34. The molecule has 1 fully saturated rings. The van der Waals surface area contributed by atoms with E-state index in [-0.39, 0.29) is 12.0 Å². The van der Waals surface area contributed by atoms with E-state index in [0.717, 1.165) is 24.1 Å². The van der Waals surface area contributed by atoms with E-state index in [1.54, 1.807) is 11.1 Å². The Morgan fingerprint density at radius 2 is 1.88 bits per heavy atom. The molecule has 0 unspecified atom stereocenters. The van der Waals surface area contributed by atoms with Crippen molar-refractivity contribution in [1.82, 2.24) is 14.9 Å². The summed E-state index contributed by atoms with van der Waals surface area (Å²) in [4.78, 5) is 22.9. The number of aryl methyl sites for hydroxylation is 1. The first-order chi connectivity index (χ1) is 11.5. The van der Waals surface area contributed by atoms with Gasteiger partial charge in [0.05, 0.1) is 17.2 Å². The molecule has 0 radical (unpaired) electrons. The zero-order valence-corrected chi connectivity index (χ0v) is 16.1. The first-order valence-corrected chi connectivity index (χ1v) is 8.76. The lowest BCUT2D eigenvalue weighted by Gasteiger charge is -2.34. The summed E-state index contributed by atoms with van der Waals surface area (Å²) in [5.74, 6) is 0.935. The fraction of sp³-hybridized carbons (Fsp3) is 0.684. The van der Waals surface area contributed by atoms with Crippen molar-refractivity contribution in [2.24, 2.45) is 0 Å². The van der Waals surface area contributed by atoms with Crippen LogP contribution in [-0.2, 0) is 10.2 Å². The highest BCUT2D eigenvalue weighted by molar-refractivity contribution is 5.68. The fourth-order valence-corrected chi connectivity index (χ4v) is 3.00. The number of likely N-dealkylation sites (tertiary alicyclic amines) is 1. The van der Waals surface area contributed by atoms with Gasteiger partial charge in [0.25, 0.3) is 0 Å². The van der Waals surface area contributed by atoms with Crippen molar-refractivity contribution in [2.75, 3.05) is 13.1 Å². The molecule has 1 aliphatic rings. The standard InChI is InChI=1S/C19H28N4O2/c1-13-21-11-15(19(5,6)12-20)16(22-13)14-7-9-23(10-8-14)17(24)25-18(2,3)4/h11,14H,7-10H2,1-6H3. The van der Waals surface area contributed by atoms with Crippen molar-refractivity contribution in [3.05, 3.63) is 23.3 Å². The van der Waals surface area contributed by atoms with Crippen LogP contribution in [0.5, 0.6) is 0 Å².